The lowest BCUT2D eigenvalue weighted by molar-refractivity contribution is -0.153. The van der Waals surface area contributed by atoms with E-state index < -0.39 is 23.9 Å². The first-order valence-electron chi connectivity index (χ1n) is 8.75. The summed E-state index contributed by atoms with van der Waals surface area (Å²) in [6, 6.07) is 10.8. The zero-order chi connectivity index (χ0) is 21.2. The number of carbonyl (C=O) groups excluding carboxylic acids is 4. The average Bonchev–Trinajstić information content (AvgIpc) is 3.15. The maximum absolute atomic E-state index is 12.1. The summed E-state index contributed by atoms with van der Waals surface area (Å²) < 4.78 is 5.04. The van der Waals surface area contributed by atoms with Crippen LogP contribution in [0.4, 0.5) is 5.00 Å². The third-order valence-corrected chi connectivity index (χ3v) is 4.53. The Labute approximate surface area is 171 Å². The van der Waals surface area contributed by atoms with Crippen LogP contribution < -0.4 is 16.4 Å². The van der Waals surface area contributed by atoms with Crippen LogP contribution in [0.5, 0.6) is 0 Å². The minimum Gasteiger partial charge on any atom is -0.452 e. The number of amides is 3. The maximum Gasteiger partial charge on any atom is 0.308 e. The molecule has 1 aromatic heterocycles. The zero-order valence-electron chi connectivity index (χ0n) is 15.7. The Morgan fingerprint density at radius 1 is 1.17 bits per heavy atom. The van der Waals surface area contributed by atoms with Gasteiger partial charge in [0.25, 0.3) is 11.8 Å². The summed E-state index contributed by atoms with van der Waals surface area (Å²) >= 11 is 1.14. The molecule has 0 bridgehead atoms. The Morgan fingerprint density at radius 3 is 2.59 bits per heavy atom. The van der Waals surface area contributed by atoms with Crippen molar-refractivity contribution in [3.63, 3.8) is 0 Å². The fraction of sp³-hybridized carbons (Fsp3) is 0.200. The van der Waals surface area contributed by atoms with Crippen molar-refractivity contribution in [1.82, 2.24) is 5.32 Å². The molecule has 9 heteroatoms. The monoisotopic (exact) mass is 415 g/mol. The van der Waals surface area contributed by atoms with Gasteiger partial charge in [0.05, 0.1) is 12.0 Å². The Bertz CT molecular complexity index is 908. The molecule has 0 fully saturated rings. The number of carbonyl (C=O) groups is 4. The molecule has 4 N–H and O–H groups in total. The number of ether oxygens (including phenoxy) is 1. The predicted molar refractivity (Wildman–Crippen MR) is 110 cm³/mol. The van der Waals surface area contributed by atoms with Crippen LogP contribution >= 0.6 is 11.3 Å². The minimum atomic E-state index is -1.07. The van der Waals surface area contributed by atoms with Crippen LogP contribution in [-0.2, 0) is 19.1 Å². The van der Waals surface area contributed by atoms with E-state index in [9.17, 15) is 19.2 Å². The van der Waals surface area contributed by atoms with E-state index in [-0.39, 0.29) is 24.4 Å². The van der Waals surface area contributed by atoms with Gasteiger partial charge in [0.2, 0.25) is 5.91 Å². The summed E-state index contributed by atoms with van der Waals surface area (Å²) in [5.74, 6) is -2.23. The second kappa shape index (κ2) is 10.8. The van der Waals surface area contributed by atoms with Crippen molar-refractivity contribution < 1.29 is 23.9 Å². The van der Waals surface area contributed by atoms with Crippen LogP contribution in [0, 0.1) is 0 Å². The lowest BCUT2D eigenvalue weighted by Gasteiger charge is -2.13. The van der Waals surface area contributed by atoms with Crippen LogP contribution in [-0.4, -0.2) is 36.3 Å². The Hall–Kier alpha value is -3.46. The van der Waals surface area contributed by atoms with E-state index in [1.807, 2.05) is 30.3 Å². The van der Waals surface area contributed by atoms with E-state index in [2.05, 4.69) is 10.6 Å². The highest BCUT2D eigenvalue weighted by Crippen LogP contribution is 2.22. The van der Waals surface area contributed by atoms with Gasteiger partial charge in [-0.1, -0.05) is 30.3 Å². The van der Waals surface area contributed by atoms with Gasteiger partial charge in [0, 0.05) is 12.6 Å². The third kappa shape index (κ3) is 7.23. The molecule has 0 saturated carbocycles. The van der Waals surface area contributed by atoms with Crippen molar-refractivity contribution in [2.75, 3.05) is 11.9 Å². The number of nitrogens with one attached hydrogen (secondary N) is 2. The van der Waals surface area contributed by atoms with Crippen molar-refractivity contribution in [2.45, 2.75) is 19.4 Å². The van der Waals surface area contributed by atoms with Crippen LogP contribution in [0.25, 0.3) is 6.08 Å². The minimum absolute atomic E-state index is 0.0713. The predicted octanol–water partition coefficient (Wildman–Crippen LogP) is 1.94. The van der Waals surface area contributed by atoms with Gasteiger partial charge in [-0.3, -0.25) is 19.2 Å². The summed E-state index contributed by atoms with van der Waals surface area (Å²) in [7, 11) is 0. The smallest absolute Gasteiger partial charge is 0.308 e. The zero-order valence-corrected chi connectivity index (χ0v) is 16.5. The number of hydrogen-bond acceptors (Lipinski definition) is 6. The number of hydrogen-bond donors (Lipinski definition) is 3. The quantitative estimate of drug-likeness (QED) is 0.426. The first kappa shape index (κ1) is 21.8. The molecule has 1 atom stereocenters. The Balaban J connectivity index is 1.72. The summed E-state index contributed by atoms with van der Waals surface area (Å²) in [4.78, 5) is 47.0. The first-order chi connectivity index (χ1) is 13.9. The molecule has 0 radical (unpaired) electrons. The van der Waals surface area contributed by atoms with Gasteiger partial charge in [-0.15, -0.1) is 11.3 Å². The molecule has 2 rings (SSSR count). The highest BCUT2D eigenvalue weighted by molar-refractivity contribution is 7.14. The molecule has 0 aliphatic heterocycles. The van der Waals surface area contributed by atoms with Gasteiger partial charge in [0.15, 0.2) is 6.10 Å². The Kier molecular flexibility index (Phi) is 8.11. The molecule has 0 spiro atoms. The van der Waals surface area contributed by atoms with Gasteiger partial charge >= 0.3 is 5.97 Å². The van der Waals surface area contributed by atoms with Crippen LogP contribution in [0.15, 0.2) is 47.9 Å². The number of thiophene rings is 1. The van der Waals surface area contributed by atoms with Gasteiger partial charge < -0.3 is 21.1 Å². The molecule has 0 aliphatic rings. The van der Waals surface area contributed by atoms with Crippen molar-refractivity contribution in [1.29, 1.82) is 0 Å². The second-order valence-corrected chi connectivity index (χ2v) is 6.85. The third-order valence-electron chi connectivity index (χ3n) is 3.70. The number of esters is 1. The topological polar surface area (TPSA) is 128 Å². The number of nitrogens with two attached hydrogens (primary N) is 1. The molecule has 152 valence electrons. The number of benzene rings is 1. The molecule has 3 amide bonds. The maximum atomic E-state index is 12.1. The number of primary amides is 1. The lowest BCUT2D eigenvalue weighted by Crippen LogP contribution is -2.32. The van der Waals surface area contributed by atoms with Crippen LogP contribution in [0.3, 0.4) is 0 Å². The van der Waals surface area contributed by atoms with E-state index in [1.54, 1.807) is 11.5 Å². The van der Waals surface area contributed by atoms with E-state index in [0.29, 0.717) is 5.00 Å². The molecule has 0 saturated heterocycles. The second-order valence-electron chi connectivity index (χ2n) is 5.93. The van der Waals surface area contributed by atoms with Gasteiger partial charge in [-0.2, -0.15) is 0 Å². The molecule has 8 nitrogen and oxygen atoms in total. The SMILES string of the molecule is C[C@@H](OC(=O)CCNC(=O)/C=C/c1ccccc1)C(=O)Nc1sccc1C(N)=O. The molecular formula is C20H21N3O5S. The fourth-order valence-corrected chi connectivity index (χ4v) is 3.00. The summed E-state index contributed by atoms with van der Waals surface area (Å²) in [6.45, 7) is 1.48. The standard InChI is InChI=1S/C20H21N3O5S/c1-13(19(27)23-20-15(18(21)26)10-12-29-20)28-17(25)9-11-22-16(24)8-7-14-5-3-2-4-6-14/h2-8,10,12-13H,9,11H2,1H3,(H2,21,26)(H,22,24)(H,23,27)/b8-7+/t13-/m1/s1. The fourth-order valence-electron chi connectivity index (χ4n) is 2.21. The molecule has 29 heavy (non-hydrogen) atoms. The average molecular weight is 415 g/mol. The molecule has 2 aromatic rings. The van der Waals surface area contributed by atoms with E-state index in [0.717, 1.165) is 16.9 Å². The summed E-state index contributed by atoms with van der Waals surface area (Å²) in [5, 5.41) is 6.98. The van der Waals surface area contributed by atoms with Crippen molar-refractivity contribution in [3.05, 3.63) is 59.0 Å². The van der Waals surface area contributed by atoms with Crippen molar-refractivity contribution in [3.8, 4) is 0 Å². The normalized spacial score (nSPS) is 11.6. The van der Waals surface area contributed by atoms with Crippen molar-refractivity contribution in [2.24, 2.45) is 5.73 Å². The van der Waals surface area contributed by atoms with Gasteiger partial charge in [-0.25, -0.2) is 0 Å². The molecule has 0 aliphatic carbocycles. The number of rotatable bonds is 9. The van der Waals surface area contributed by atoms with E-state index >= 15 is 0 Å². The van der Waals surface area contributed by atoms with Crippen LogP contribution in [0.2, 0.25) is 0 Å². The molecular weight excluding hydrogens is 394 g/mol. The van der Waals surface area contributed by atoms with E-state index in [1.165, 1.54) is 19.1 Å². The van der Waals surface area contributed by atoms with Gasteiger partial charge in [0.1, 0.15) is 5.00 Å². The van der Waals surface area contributed by atoms with E-state index in [4.69, 9.17) is 10.5 Å². The highest BCUT2D eigenvalue weighted by atomic mass is 32.1. The highest BCUT2D eigenvalue weighted by Gasteiger charge is 2.20. The molecule has 0 unspecified atom stereocenters. The van der Waals surface area contributed by atoms with Crippen molar-refractivity contribution >= 4 is 46.1 Å². The lowest BCUT2D eigenvalue weighted by atomic mass is 10.2. The first-order valence-corrected chi connectivity index (χ1v) is 9.63. The number of anilines is 1. The summed E-state index contributed by atoms with van der Waals surface area (Å²) in [5.41, 5.74) is 6.29. The largest absolute Gasteiger partial charge is 0.452 e. The molecule has 1 aromatic carbocycles. The summed E-state index contributed by atoms with van der Waals surface area (Å²) in [6.07, 6.45) is 1.87. The van der Waals surface area contributed by atoms with Crippen LogP contribution in [0.1, 0.15) is 29.3 Å². The van der Waals surface area contributed by atoms with Gasteiger partial charge in [-0.05, 0) is 30.0 Å². The Morgan fingerprint density at radius 2 is 1.90 bits per heavy atom. The molecule has 1 heterocycles.